The van der Waals surface area contributed by atoms with Gasteiger partial charge in [-0.25, -0.2) is 9.59 Å². The van der Waals surface area contributed by atoms with Crippen LogP contribution in [0.15, 0.2) is 22.7 Å². The predicted octanol–water partition coefficient (Wildman–Crippen LogP) is 3.52. The van der Waals surface area contributed by atoms with Crippen molar-refractivity contribution in [3.63, 3.8) is 0 Å². The van der Waals surface area contributed by atoms with Crippen LogP contribution in [-0.2, 0) is 0 Å². The molecule has 0 aromatic heterocycles. The van der Waals surface area contributed by atoms with Gasteiger partial charge in [0.15, 0.2) is 0 Å². The van der Waals surface area contributed by atoms with Gasteiger partial charge in [0.1, 0.15) is 0 Å². The first-order valence-electron chi connectivity index (χ1n) is 5.47. The van der Waals surface area contributed by atoms with Crippen LogP contribution in [0, 0.1) is 0 Å². The molecule has 116 valence electrons. The van der Waals surface area contributed by atoms with Crippen LogP contribution in [0.5, 0.6) is 0 Å². The van der Waals surface area contributed by atoms with Crippen LogP contribution in [0.3, 0.4) is 0 Å². The van der Waals surface area contributed by atoms with E-state index in [9.17, 15) is 22.8 Å². The fourth-order valence-corrected chi connectivity index (χ4v) is 2.16. The van der Waals surface area contributed by atoms with Gasteiger partial charge in [0.2, 0.25) is 0 Å². The number of carbonyl (C=O) groups excluding carboxylic acids is 1. The van der Waals surface area contributed by atoms with E-state index in [4.69, 9.17) is 5.11 Å². The number of aromatic carboxylic acids is 1. The molecule has 5 nitrogen and oxygen atoms in total. The summed E-state index contributed by atoms with van der Waals surface area (Å²) in [6, 6.07) is 3.29. The van der Waals surface area contributed by atoms with Gasteiger partial charge in [0.25, 0.3) is 0 Å². The van der Waals surface area contributed by atoms with Crippen molar-refractivity contribution in [3.8, 4) is 0 Å². The van der Waals surface area contributed by atoms with Crippen molar-refractivity contribution >= 4 is 45.4 Å². The van der Waals surface area contributed by atoms with E-state index in [0.29, 0.717) is 10.2 Å². The van der Waals surface area contributed by atoms with Gasteiger partial charge in [0, 0.05) is 16.8 Å². The third kappa shape index (κ3) is 6.71. The van der Waals surface area contributed by atoms with E-state index in [2.05, 4.69) is 26.6 Å². The Morgan fingerprint density at radius 3 is 2.52 bits per heavy atom. The average molecular weight is 387 g/mol. The van der Waals surface area contributed by atoms with E-state index in [1.807, 2.05) is 0 Å². The Kier molecular flexibility index (Phi) is 6.34. The monoisotopic (exact) mass is 386 g/mol. The van der Waals surface area contributed by atoms with Gasteiger partial charge in [-0.3, -0.25) is 0 Å². The zero-order valence-electron chi connectivity index (χ0n) is 10.3. The van der Waals surface area contributed by atoms with Crippen molar-refractivity contribution in [2.24, 2.45) is 0 Å². The zero-order chi connectivity index (χ0) is 16.0. The third-order valence-corrected chi connectivity index (χ3v) is 3.51. The summed E-state index contributed by atoms with van der Waals surface area (Å²) in [5.41, 5.74) is -3.98. The number of carboxylic acids is 1. The van der Waals surface area contributed by atoms with E-state index in [-0.39, 0.29) is 29.6 Å². The van der Waals surface area contributed by atoms with Crippen LogP contribution in [-0.4, -0.2) is 34.9 Å². The van der Waals surface area contributed by atoms with Gasteiger partial charge in [-0.15, -0.1) is 0 Å². The Hall–Kier alpha value is -1.42. The number of benzene rings is 1. The maximum Gasteiger partial charge on any atom is 0.441 e. The minimum Gasteiger partial charge on any atom is -0.478 e. The quantitative estimate of drug-likeness (QED) is 0.676. The number of hydrogen-bond acceptors (Lipinski definition) is 3. The van der Waals surface area contributed by atoms with E-state index >= 15 is 0 Å². The molecule has 0 aliphatic heterocycles. The number of nitrogens with one attached hydrogen (secondary N) is 2. The minimum absolute atomic E-state index is 0.0365. The number of amides is 2. The highest BCUT2D eigenvalue weighted by Gasteiger charge is 2.27. The first kappa shape index (κ1) is 17.6. The molecular weight excluding hydrogens is 377 g/mol. The van der Waals surface area contributed by atoms with E-state index < -0.39 is 17.5 Å². The summed E-state index contributed by atoms with van der Waals surface area (Å²) in [6.07, 6.45) is 0. The molecule has 0 aliphatic rings. The standard InChI is InChI=1S/C11H10BrF3N2O3S/c12-7-5-6(9(18)19)1-2-8(7)17-10(20)16-3-4-21-11(13,14)15/h1-2,5H,3-4H2,(H,18,19)(H2,16,17,20). The molecule has 0 atom stereocenters. The van der Waals surface area contributed by atoms with Crippen LogP contribution in [0.4, 0.5) is 23.7 Å². The van der Waals surface area contributed by atoms with E-state index in [1.54, 1.807) is 0 Å². The predicted molar refractivity (Wildman–Crippen MR) is 76.6 cm³/mol. The molecule has 0 aliphatic carbocycles. The van der Waals surface area contributed by atoms with Gasteiger partial charge < -0.3 is 15.7 Å². The summed E-state index contributed by atoms with van der Waals surface area (Å²) < 4.78 is 35.9. The number of rotatable bonds is 5. The lowest BCUT2D eigenvalue weighted by Crippen LogP contribution is -2.31. The van der Waals surface area contributed by atoms with Gasteiger partial charge in [-0.1, -0.05) is 0 Å². The topological polar surface area (TPSA) is 78.4 Å². The number of thioether (sulfide) groups is 1. The number of anilines is 1. The Morgan fingerprint density at radius 2 is 2.00 bits per heavy atom. The molecule has 0 spiro atoms. The smallest absolute Gasteiger partial charge is 0.441 e. The fourth-order valence-electron chi connectivity index (χ4n) is 1.25. The second kappa shape index (κ2) is 7.55. The van der Waals surface area contributed by atoms with Crippen LogP contribution in [0.25, 0.3) is 0 Å². The number of urea groups is 1. The molecule has 0 fully saturated rings. The summed E-state index contributed by atoms with van der Waals surface area (Å²) in [7, 11) is 0. The van der Waals surface area contributed by atoms with Crippen LogP contribution >= 0.6 is 27.7 Å². The molecular formula is C11H10BrF3N2O3S. The fraction of sp³-hybridized carbons (Fsp3) is 0.273. The van der Waals surface area contributed by atoms with Gasteiger partial charge in [0.05, 0.1) is 11.3 Å². The molecule has 0 bridgehead atoms. The highest BCUT2D eigenvalue weighted by Crippen LogP contribution is 2.29. The second-order valence-corrected chi connectivity index (χ2v) is 5.69. The van der Waals surface area contributed by atoms with Crippen molar-refractivity contribution in [1.82, 2.24) is 5.32 Å². The van der Waals surface area contributed by atoms with Crippen molar-refractivity contribution in [2.75, 3.05) is 17.6 Å². The SMILES string of the molecule is O=C(NCCSC(F)(F)F)Nc1ccc(C(=O)O)cc1Br. The lowest BCUT2D eigenvalue weighted by atomic mass is 10.2. The maximum atomic E-state index is 11.9. The number of alkyl halides is 3. The molecule has 21 heavy (non-hydrogen) atoms. The first-order valence-corrected chi connectivity index (χ1v) is 7.25. The van der Waals surface area contributed by atoms with E-state index in [0.717, 1.165) is 0 Å². The van der Waals surface area contributed by atoms with Gasteiger partial charge >= 0.3 is 17.5 Å². The zero-order valence-corrected chi connectivity index (χ0v) is 12.7. The van der Waals surface area contributed by atoms with Gasteiger partial charge in [-0.05, 0) is 45.9 Å². The van der Waals surface area contributed by atoms with Crippen molar-refractivity contribution < 1.29 is 27.9 Å². The largest absolute Gasteiger partial charge is 0.478 e. The van der Waals surface area contributed by atoms with Gasteiger partial charge in [-0.2, -0.15) is 13.2 Å². The summed E-state index contributed by atoms with van der Waals surface area (Å²) in [4.78, 5) is 22.2. The highest BCUT2D eigenvalue weighted by atomic mass is 79.9. The third-order valence-electron chi connectivity index (χ3n) is 2.12. The average Bonchev–Trinajstić information content (AvgIpc) is 2.36. The van der Waals surface area contributed by atoms with Crippen LogP contribution in [0.2, 0.25) is 0 Å². The summed E-state index contributed by atoms with van der Waals surface area (Å²) in [6.45, 7) is -0.152. The van der Waals surface area contributed by atoms with Crippen LogP contribution in [0.1, 0.15) is 10.4 Å². The van der Waals surface area contributed by atoms with E-state index in [1.165, 1.54) is 18.2 Å². The summed E-state index contributed by atoms with van der Waals surface area (Å²) in [5, 5.41) is 13.4. The first-order chi connectivity index (χ1) is 9.69. The molecule has 3 N–H and O–H groups in total. The molecule has 0 saturated carbocycles. The molecule has 0 radical (unpaired) electrons. The Morgan fingerprint density at radius 1 is 1.33 bits per heavy atom. The number of halogens is 4. The lowest BCUT2D eigenvalue weighted by molar-refractivity contribution is -0.0327. The highest BCUT2D eigenvalue weighted by molar-refractivity contribution is 9.10. The maximum absolute atomic E-state index is 11.9. The molecule has 0 saturated heterocycles. The molecule has 1 aromatic carbocycles. The summed E-state index contributed by atoms with van der Waals surface area (Å²) in [5.74, 6) is -1.41. The molecule has 0 unspecified atom stereocenters. The number of carboxylic acid groups (broad SMARTS) is 1. The molecule has 1 aromatic rings. The van der Waals surface area contributed by atoms with Crippen molar-refractivity contribution in [3.05, 3.63) is 28.2 Å². The van der Waals surface area contributed by atoms with Crippen molar-refractivity contribution in [2.45, 2.75) is 5.51 Å². The normalized spacial score (nSPS) is 11.0. The molecule has 1 rings (SSSR count). The molecule has 2 amide bonds. The van der Waals surface area contributed by atoms with Crippen molar-refractivity contribution in [1.29, 1.82) is 0 Å². The Balaban J connectivity index is 2.46. The second-order valence-electron chi connectivity index (χ2n) is 3.67. The number of hydrogen-bond donors (Lipinski definition) is 3. The van der Waals surface area contributed by atoms with Crippen LogP contribution < -0.4 is 10.6 Å². The molecule has 10 heteroatoms. The Bertz CT molecular complexity index is 540. The summed E-state index contributed by atoms with van der Waals surface area (Å²) >= 11 is 2.87. The lowest BCUT2D eigenvalue weighted by Gasteiger charge is -2.10. The molecule has 0 heterocycles. The minimum atomic E-state index is -4.33. The Labute approximate surface area is 130 Å². The number of carbonyl (C=O) groups is 2.